The Kier molecular flexibility index (Phi) is 10.5. The van der Waals surface area contributed by atoms with Crippen LogP contribution in [0.4, 0.5) is 0 Å². The summed E-state index contributed by atoms with van der Waals surface area (Å²) < 4.78 is 11.5. The van der Waals surface area contributed by atoms with Crippen molar-refractivity contribution in [2.45, 2.75) is 96.7 Å². The Morgan fingerprint density at radius 3 is 2.41 bits per heavy atom. The Labute approximate surface area is 206 Å². The number of nitrogens with one attached hydrogen (secondary N) is 1. The first-order valence-electron chi connectivity index (χ1n) is 13.1. The van der Waals surface area contributed by atoms with Crippen molar-refractivity contribution in [1.82, 2.24) is 5.32 Å². The molecule has 34 heavy (non-hydrogen) atoms. The summed E-state index contributed by atoms with van der Waals surface area (Å²) in [6.07, 6.45) is 10.0. The lowest BCUT2D eigenvalue weighted by Crippen LogP contribution is -2.24. The molecule has 4 nitrogen and oxygen atoms in total. The first-order valence-corrected chi connectivity index (χ1v) is 13.1. The van der Waals surface area contributed by atoms with E-state index in [1.807, 2.05) is 26.8 Å². The summed E-state index contributed by atoms with van der Waals surface area (Å²) in [7, 11) is 0. The molecule has 0 aliphatic heterocycles. The van der Waals surface area contributed by atoms with Gasteiger partial charge < -0.3 is 14.8 Å². The van der Waals surface area contributed by atoms with Crippen molar-refractivity contribution in [3.8, 4) is 5.75 Å². The van der Waals surface area contributed by atoms with E-state index < -0.39 is 5.60 Å². The first kappa shape index (κ1) is 26.3. The van der Waals surface area contributed by atoms with Crippen LogP contribution in [0.3, 0.4) is 0 Å². The van der Waals surface area contributed by atoms with Gasteiger partial charge in [0.2, 0.25) is 0 Å². The lowest BCUT2D eigenvalue weighted by Gasteiger charge is -2.22. The fourth-order valence-corrected chi connectivity index (χ4v) is 4.59. The molecule has 3 rings (SSSR count). The van der Waals surface area contributed by atoms with Crippen LogP contribution < -0.4 is 10.1 Å². The Balaban J connectivity index is 1.35. The minimum absolute atomic E-state index is 0.109. The lowest BCUT2D eigenvalue weighted by atomic mass is 9.84. The lowest BCUT2D eigenvalue weighted by molar-refractivity contribution is -0.154. The highest BCUT2D eigenvalue weighted by Gasteiger charge is 2.16. The quantitative estimate of drug-likeness (QED) is 0.272. The highest BCUT2D eigenvalue weighted by Crippen LogP contribution is 2.32. The molecule has 0 radical (unpaired) electrons. The molecule has 1 aliphatic rings. The molecule has 0 amide bonds. The summed E-state index contributed by atoms with van der Waals surface area (Å²) in [6, 6.07) is 17.4. The summed E-state index contributed by atoms with van der Waals surface area (Å²) in [5.74, 6) is 1.60. The summed E-state index contributed by atoms with van der Waals surface area (Å²) in [5.41, 5.74) is 3.53. The van der Waals surface area contributed by atoms with E-state index >= 15 is 0 Å². The van der Waals surface area contributed by atoms with Gasteiger partial charge in [0.1, 0.15) is 18.0 Å². The molecule has 2 aromatic rings. The predicted octanol–water partition coefficient (Wildman–Crippen LogP) is 6.96. The molecule has 186 valence electrons. The van der Waals surface area contributed by atoms with Gasteiger partial charge in [-0.2, -0.15) is 0 Å². The topological polar surface area (TPSA) is 47.6 Å². The number of ether oxygens (including phenoxy) is 2. The van der Waals surface area contributed by atoms with Crippen LogP contribution >= 0.6 is 0 Å². The molecule has 0 atom stereocenters. The van der Waals surface area contributed by atoms with Gasteiger partial charge in [-0.1, -0.05) is 61.7 Å². The zero-order valence-electron chi connectivity index (χ0n) is 21.4. The fraction of sp³-hybridized carbons (Fsp3) is 0.567. The van der Waals surface area contributed by atoms with Crippen molar-refractivity contribution >= 4 is 5.97 Å². The summed E-state index contributed by atoms with van der Waals surface area (Å²) in [4.78, 5) is 11.8. The first-order chi connectivity index (χ1) is 16.4. The molecule has 1 fully saturated rings. The molecule has 0 heterocycles. The van der Waals surface area contributed by atoms with E-state index in [0.29, 0.717) is 13.0 Å². The molecule has 0 spiro atoms. The largest absolute Gasteiger partial charge is 0.489 e. The van der Waals surface area contributed by atoms with E-state index in [1.165, 1.54) is 48.8 Å². The van der Waals surface area contributed by atoms with Gasteiger partial charge in [-0.3, -0.25) is 4.79 Å². The maximum atomic E-state index is 11.8. The maximum absolute atomic E-state index is 11.8. The van der Waals surface area contributed by atoms with Crippen LogP contribution in [0.15, 0.2) is 48.5 Å². The molecule has 0 bridgehead atoms. The normalized spacial score (nSPS) is 14.7. The van der Waals surface area contributed by atoms with Crippen LogP contribution in [-0.4, -0.2) is 24.7 Å². The molecular weight excluding hydrogens is 422 g/mol. The third-order valence-corrected chi connectivity index (χ3v) is 6.40. The second-order valence-electron chi connectivity index (χ2n) is 10.5. The van der Waals surface area contributed by atoms with Crippen LogP contribution in [0, 0.1) is 0 Å². The van der Waals surface area contributed by atoms with Gasteiger partial charge in [0.25, 0.3) is 0 Å². The fourth-order valence-electron chi connectivity index (χ4n) is 4.59. The zero-order chi connectivity index (χ0) is 24.2. The smallest absolute Gasteiger partial charge is 0.306 e. The van der Waals surface area contributed by atoms with Gasteiger partial charge in [-0.05, 0) is 94.6 Å². The van der Waals surface area contributed by atoms with Crippen LogP contribution in [0.5, 0.6) is 5.75 Å². The summed E-state index contributed by atoms with van der Waals surface area (Å²) >= 11 is 0. The number of unbranched alkanes of at least 4 members (excludes halogenated alkanes) is 1. The summed E-state index contributed by atoms with van der Waals surface area (Å²) in [5, 5.41) is 3.49. The molecule has 0 aromatic heterocycles. The van der Waals surface area contributed by atoms with Crippen LogP contribution in [0.2, 0.25) is 0 Å². The van der Waals surface area contributed by atoms with E-state index in [4.69, 9.17) is 9.47 Å². The minimum atomic E-state index is -0.400. The van der Waals surface area contributed by atoms with Crippen molar-refractivity contribution in [2.75, 3.05) is 13.1 Å². The number of hydrogen-bond acceptors (Lipinski definition) is 4. The number of carbonyl (C=O) groups excluding carboxylic acids is 1. The van der Waals surface area contributed by atoms with E-state index in [-0.39, 0.29) is 5.97 Å². The number of rotatable bonds is 12. The third kappa shape index (κ3) is 9.50. The molecule has 0 saturated heterocycles. The van der Waals surface area contributed by atoms with Gasteiger partial charge in [0.15, 0.2) is 0 Å². The SMILES string of the molecule is CC(C)(C)OC(=O)CCCCNCCc1ccccc1OCc1ccc(C2CCCCC2)cc1. The van der Waals surface area contributed by atoms with Crippen molar-refractivity contribution in [2.24, 2.45) is 0 Å². The van der Waals surface area contributed by atoms with Gasteiger partial charge >= 0.3 is 5.97 Å². The van der Waals surface area contributed by atoms with Gasteiger partial charge in [0, 0.05) is 6.42 Å². The Hall–Kier alpha value is -2.33. The van der Waals surface area contributed by atoms with Gasteiger partial charge in [-0.25, -0.2) is 0 Å². The minimum Gasteiger partial charge on any atom is -0.489 e. The second kappa shape index (κ2) is 13.5. The van der Waals surface area contributed by atoms with E-state index in [2.05, 4.69) is 47.8 Å². The average Bonchev–Trinajstić information content (AvgIpc) is 2.82. The van der Waals surface area contributed by atoms with Crippen molar-refractivity contribution in [1.29, 1.82) is 0 Å². The monoisotopic (exact) mass is 465 g/mol. The number of esters is 1. The number of para-hydroxylation sites is 1. The molecule has 0 unspecified atom stereocenters. The van der Waals surface area contributed by atoms with Crippen molar-refractivity contribution < 1.29 is 14.3 Å². The third-order valence-electron chi connectivity index (χ3n) is 6.40. The molecule has 1 saturated carbocycles. The van der Waals surface area contributed by atoms with Gasteiger partial charge in [0.05, 0.1) is 0 Å². The molecule has 4 heteroatoms. The summed E-state index contributed by atoms with van der Waals surface area (Å²) in [6.45, 7) is 8.10. The van der Waals surface area contributed by atoms with E-state index in [0.717, 1.165) is 44.0 Å². The van der Waals surface area contributed by atoms with Crippen LogP contribution in [-0.2, 0) is 22.6 Å². The van der Waals surface area contributed by atoms with Crippen LogP contribution in [0.1, 0.15) is 94.7 Å². The Morgan fingerprint density at radius 2 is 1.68 bits per heavy atom. The Bertz CT molecular complexity index is 863. The molecule has 1 N–H and O–H groups in total. The standard InChI is InChI=1S/C30H43NO3/c1-30(2,3)34-29(32)15-9-10-21-31-22-20-27-13-7-8-14-28(27)33-23-24-16-18-26(19-17-24)25-11-5-4-6-12-25/h7-8,13-14,16-19,25,31H,4-6,9-12,15,20-23H2,1-3H3. The number of hydrogen-bond donors (Lipinski definition) is 1. The van der Waals surface area contributed by atoms with Crippen molar-refractivity contribution in [3.05, 3.63) is 65.2 Å². The predicted molar refractivity (Wildman–Crippen MR) is 139 cm³/mol. The maximum Gasteiger partial charge on any atom is 0.306 e. The van der Waals surface area contributed by atoms with E-state index in [1.54, 1.807) is 0 Å². The zero-order valence-corrected chi connectivity index (χ0v) is 21.4. The highest BCUT2D eigenvalue weighted by molar-refractivity contribution is 5.69. The molecule has 2 aromatic carbocycles. The highest BCUT2D eigenvalue weighted by atomic mass is 16.6. The van der Waals surface area contributed by atoms with Crippen LogP contribution in [0.25, 0.3) is 0 Å². The Morgan fingerprint density at radius 1 is 0.941 bits per heavy atom. The number of carbonyl (C=O) groups is 1. The molecular formula is C30H43NO3. The van der Waals surface area contributed by atoms with Gasteiger partial charge in [-0.15, -0.1) is 0 Å². The van der Waals surface area contributed by atoms with E-state index in [9.17, 15) is 4.79 Å². The second-order valence-corrected chi connectivity index (χ2v) is 10.5. The average molecular weight is 466 g/mol. The van der Waals surface area contributed by atoms with Crippen molar-refractivity contribution in [3.63, 3.8) is 0 Å². The molecule has 1 aliphatic carbocycles. The number of benzene rings is 2.